The number of sulfone groups is 1. The number of carbonyl (C=O) groups is 1. The van der Waals surface area contributed by atoms with Crippen molar-refractivity contribution in [1.29, 1.82) is 0 Å². The predicted octanol–water partition coefficient (Wildman–Crippen LogP) is 4.80. The van der Waals surface area contributed by atoms with E-state index in [9.17, 15) is 27.7 Å². The Kier molecular flexibility index (Phi) is 7.25. The topological polar surface area (TPSA) is 97.6 Å². The highest BCUT2D eigenvalue weighted by atomic mass is 32.2. The van der Waals surface area contributed by atoms with Crippen LogP contribution in [0.25, 0.3) is 0 Å². The van der Waals surface area contributed by atoms with Crippen molar-refractivity contribution in [3.63, 3.8) is 0 Å². The molecule has 0 radical (unpaired) electrons. The Morgan fingerprint density at radius 1 is 0.971 bits per heavy atom. The maximum atomic E-state index is 13.5. The molecule has 0 aliphatic carbocycles. The maximum Gasteiger partial charge on any atom is 0.288 e. The third-order valence-electron chi connectivity index (χ3n) is 6.25. The molecule has 0 atom stereocenters. The summed E-state index contributed by atoms with van der Waals surface area (Å²) in [6, 6.07) is 18.6. The molecule has 35 heavy (non-hydrogen) atoms. The minimum atomic E-state index is -4.14. The quantitative estimate of drug-likeness (QED) is 0.346. The largest absolute Gasteiger partial charge is 0.339 e. The normalized spacial score (nSPS) is 14.6. The van der Waals surface area contributed by atoms with E-state index in [0.717, 1.165) is 37.5 Å². The first-order valence-corrected chi connectivity index (χ1v) is 13.0. The molecule has 3 aromatic rings. The molecular weight excluding hydrogens is 471 g/mol. The number of benzene rings is 3. The fourth-order valence-corrected chi connectivity index (χ4v) is 5.95. The van der Waals surface area contributed by atoms with E-state index >= 15 is 0 Å². The number of hydrogen-bond acceptors (Lipinski definition) is 5. The highest BCUT2D eigenvalue weighted by Crippen LogP contribution is 2.30. The number of halogens is 1. The molecule has 182 valence electrons. The molecule has 0 unspecified atom stereocenters. The number of carbonyl (C=O) groups excluding carboxylic acids is 1. The number of nitro benzene ring substituents is 1. The molecule has 1 saturated heterocycles. The fraction of sp³-hybridized carbons (Fsp3) is 0.269. The first kappa shape index (κ1) is 24.5. The van der Waals surface area contributed by atoms with Crippen LogP contribution in [0.5, 0.6) is 0 Å². The van der Waals surface area contributed by atoms with E-state index in [4.69, 9.17) is 0 Å². The summed E-state index contributed by atoms with van der Waals surface area (Å²) in [7, 11) is -4.14. The maximum absolute atomic E-state index is 13.5. The molecule has 7 nitrogen and oxygen atoms in total. The molecule has 3 aromatic carbocycles. The van der Waals surface area contributed by atoms with Gasteiger partial charge in [-0.2, -0.15) is 0 Å². The summed E-state index contributed by atoms with van der Waals surface area (Å²) in [5.41, 5.74) is 0.842. The summed E-state index contributed by atoms with van der Waals surface area (Å²) in [6.45, 7) is 1.06. The monoisotopic (exact) mass is 496 g/mol. The van der Waals surface area contributed by atoms with Crippen molar-refractivity contribution in [2.24, 2.45) is 5.92 Å². The second-order valence-corrected chi connectivity index (χ2v) is 10.7. The SMILES string of the molecule is O=C(c1ccc(S(=O)(=O)Cc2cccc(F)c2)c([N+](=O)[O-])c1)N1CCC(Cc2ccccc2)CC1. The molecule has 0 saturated carbocycles. The molecule has 1 amide bonds. The van der Waals surface area contributed by atoms with Gasteiger partial charge in [0, 0.05) is 24.7 Å². The van der Waals surface area contributed by atoms with Crippen molar-refractivity contribution >= 4 is 21.4 Å². The lowest BCUT2D eigenvalue weighted by Crippen LogP contribution is -2.39. The van der Waals surface area contributed by atoms with Crippen LogP contribution in [0.1, 0.15) is 34.3 Å². The third kappa shape index (κ3) is 5.92. The van der Waals surface area contributed by atoms with Crippen LogP contribution in [0.15, 0.2) is 77.7 Å². The van der Waals surface area contributed by atoms with Crippen LogP contribution < -0.4 is 0 Å². The van der Waals surface area contributed by atoms with Gasteiger partial charge in [-0.1, -0.05) is 42.5 Å². The van der Waals surface area contributed by atoms with E-state index in [0.29, 0.717) is 19.0 Å². The van der Waals surface area contributed by atoms with Crippen LogP contribution in [0.4, 0.5) is 10.1 Å². The van der Waals surface area contributed by atoms with Crippen molar-refractivity contribution in [2.75, 3.05) is 13.1 Å². The van der Waals surface area contributed by atoms with Crippen LogP contribution in [-0.2, 0) is 22.0 Å². The highest BCUT2D eigenvalue weighted by molar-refractivity contribution is 7.90. The molecule has 1 fully saturated rings. The molecule has 4 rings (SSSR count). The van der Waals surface area contributed by atoms with Crippen LogP contribution in [0.3, 0.4) is 0 Å². The van der Waals surface area contributed by atoms with Crippen molar-refractivity contribution in [3.05, 3.63) is 105 Å². The van der Waals surface area contributed by atoms with Crippen LogP contribution in [0.2, 0.25) is 0 Å². The zero-order chi connectivity index (χ0) is 25.0. The number of hydrogen-bond donors (Lipinski definition) is 0. The van der Waals surface area contributed by atoms with Gasteiger partial charge in [-0.25, -0.2) is 12.8 Å². The summed E-state index contributed by atoms with van der Waals surface area (Å²) in [6.07, 6.45) is 2.58. The Balaban J connectivity index is 1.48. The number of likely N-dealkylation sites (tertiary alicyclic amines) is 1. The Hall–Kier alpha value is -3.59. The summed E-state index contributed by atoms with van der Waals surface area (Å²) < 4.78 is 39.2. The minimum absolute atomic E-state index is 0.0721. The van der Waals surface area contributed by atoms with Crippen LogP contribution in [-0.4, -0.2) is 37.2 Å². The van der Waals surface area contributed by atoms with Gasteiger partial charge >= 0.3 is 0 Å². The molecule has 0 N–H and O–H groups in total. The van der Waals surface area contributed by atoms with Crippen LogP contribution >= 0.6 is 0 Å². The zero-order valence-electron chi connectivity index (χ0n) is 19.0. The fourth-order valence-electron chi connectivity index (χ4n) is 4.45. The number of nitrogens with zero attached hydrogens (tertiary/aromatic N) is 2. The van der Waals surface area contributed by atoms with Gasteiger partial charge < -0.3 is 4.90 Å². The molecule has 0 aromatic heterocycles. The Bertz CT molecular complexity index is 1340. The van der Waals surface area contributed by atoms with Crippen LogP contribution in [0, 0.1) is 21.8 Å². The lowest BCUT2D eigenvalue weighted by atomic mass is 9.90. The second-order valence-electron chi connectivity index (χ2n) is 8.75. The minimum Gasteiger partial charge on any atom is -0.339 e. The van der Waals surface area contributed by atoms with E-state index in [1.807, 2.05) is 18.2 Å². The number of piperidine rings is 1. The Morgan fingerprint density at radius 3 is 2.31 bits per heavy atom. The van der Waals surface area contributed by atoms with Gasteiger partial charge in [0.2, 0.25) is 0 Å². The van der Waals surface area contributed by atoms with E-state index < -0.39 is 36.9 Å². The van der Waals surface area contributed by atoms with Gasteiger partial charge in [0.1, 0.15) is 10.7 Å². The van der Waals surface area contributed by atoms with E-state index in [1.165, 1.54) is 29.8 Å². The van der Waals surface area contributed by atoms with Gasteiger partial charge in [0.15, 0.2) is 9.84 Å². The summed E-state index contributed by atoms with van der Waals surface area (Å²) in [5.74, 6) is -1.10. The third-order valence-corrected chi connectivity index (χ3v) is 7.98. The van der Waals surface area contributed by atoms with Gasteiger partial charge in [-0.15, -0.1) is 0 Å². The first-order chi connectivity index (χ1) is 16.7. The average Bonchev–Trinajstić information content (AvgIpc) is 2.84. The van der Waals surface area contributed by atoms with Gasteiger partial charge in [0.25, 0.3) is 11.6 Å². The van der Waals surface area contributed by atoms with Crippen molar-refractivity contribution < 1.29 is 22.5 Å². The van der Waals surface area contributed by atoms with Gasteiger partial charge in [-0.3, -0.25) is 14.9 Å². The average molecular weight is 497 g/mol. The van der Waals surface area contributed by atoms with E-state index in [1.54, 1.807) is 4.90 Å². The van der Waals surface area contributed by atoms with Gasteiger partial charge in [0.05, 0.1) is 10.7 Å². The molecule has 1 aliphatic rings. The Labute approximate surface area is 203 Å². The second kappa shape index (κ2) is 10.4. The molecule has 1 aliphatic heterocycles. The summed E-state index contributed by atoms with van der Waals surface area (Å²) >= 11 is 0. The van der Waals surface area contributed by atoms with E-state index in [-0.39, 0.29) is 17.0 Å². The first-order valence-electron chi connectivity index (χ1n) is 11.3. The van der Waals surface area contributed by atoms with Crippen molar-refractivity contribution in [3.8, 4) is 0 Å². The molecule has 0 bridgehead atoms. The smallest absolute Gasteiger partial charge is 0.288 e. The molecule has 0 spiro atoms. The Morgan fingerprint density at radius 2 is 1.66 bits per heavy atom. The van der Waals surface area contributed by atoms with Gasteiger partial charge in [-0.05, 0) is 60.6 Å². The summed E-state index contributed by atoms with van der Waals surface area (Å²) in [4.78, 5) is 25.1. The van der Waals surface area contributed by atoms with Crippen molar-refractivity contribution in [1.82, 2.24) is 4.90 Å². The van der Waals surface area contributed by atoms with E-state index in [2.05, 4.69) is 12.1 Å². The standard InChI is InChI=1S/C26H25FN2O5S/c27-23-8-4-7-21(16-23)18-35(33,34)25-10-9-22(17-24(25)29(31)32)26(30)28-13-11-20(12-14-28)15-19-5-2-1-3-6-19/h1-10,16-17,20H,11-15,18H2. The van der Waals surface area contributed by atoms with Crippen molar-refractivity contribution in [2.45, 2.75) is 29.9 Å². The number of nitro groups is 1. The number of rotatable bonds is 7. The molecule has 1 heterocycles. The molecular formula is C26H25FN2O5S. The lowest BCUT2D eigenvalue weighted by Gasteiger charge is -2.32. The predicted molar refractivity (Wildman–Crippen MR) is 129 cm³/mol. The number of amides is 1. The zero-order valence-corrected chi connectivity index (χ0v) is 19.8. The lowest BCUT2D eigenvalue weighted by molar-refractivity contribution is -0.387. The summed E-state index contributed by atoms with van der Waals surface area (Å²) in [5, 5.41) is 11.7. The highest BCUT2D eigenvalue weighted by Gasteiger charge is 2.30. The molecule has 9 heteroatoms.